The molecule has 0 amide bonds. The summed E-state index contributed by atoms with van der Waals surface area (Å²) in [6.07, 6.45) is -11.1. The van der Waals surface area contributed by atoms with Gasteiger partial charge in [-0.1, -0.05) is 54.5 Å². The van der Waals surface area contributed by atoms with E-state index in [1.54, 1.807) is 36.4 Å². The summed E-state index contributed by atoms with van der Waals surface area (Å²) < 4.78 is 76.7. The number of hydrogen-bond acceptors (Lipinski definition) is 1. The number of rotatable bonds is 2. The van der Waals surface area contributed by atoms with Crippen LogP contribution in [0.25, 0.3) is 0 Å². The van der Waals surface area contributed by atoms with Gasteiger partial charge < -0.3 is 0 Å². The second kappa shape index (κ2) is 7.43. The van der Waals surface area contributed by atoms with E-state index in [1.165, 1.54) is 24.3 Å². The molecular weight excluding hydrogens is 344 g/mol. The molecule has 7 heteroatoms. The fourth-order valence-electron chi connectivity index (χ4n) is 1.89. The predicted molar refractivity (Wildman–Crippen MR) is 82.2 cm³/mol. The third-order valence-corrected chi connectivity index (χ3v) is 3.02. The van der Waals surface area contributed by atoms with E-state index in [2.05, 4.69) is 16.8 Å². The zero-order chi connectivity index (χ0) is 18.5. The molecule has 25 heavy (non-hydrogen) atoms. The van der Waals surface area contributed by atoms with Gasteiger partial charge in [-0.15, -0.1) is 0 Å². The van der Waals surface area contributed by atoms with Crippen molar-refractivity contribution in [2.75, 3.05) is 0 Å². The molecule has 0 atom stereocenters. The molecule has 2 rings (SSSR count). The lowest BCUT2D eigenvalue weighted by Gasteiger charge is -2.19. The summed E-state index contributed by atoms with van der Waals surface area (Å²) in [5.74, 6) is 4.86. The Labute approximate surface area is 140 Å². The maximum atomic E-state index is 12.8. The highest BCUT2D eigenvalue weighted by Gasteiger charge is 2.57. The molecule has 0 aliphatic heterocycles. The molecule has 0 aromatic heterocycles. The van der Waals surface area contributed by atoms with Crippen molar-refractivity contribution in [3.63, 3.8) is 0 Å². The topological polar surface area (TPSA) is 12.4 Å². The van der Waals surface area contributed by atoms with Crippen molar-refractivity contribution < 1.29 is 26.3 Å². The highest BCUT2D eigenvalue weighted by atomic mass is 19.4. The average molecular weight is 355 g/mol. The zero-order valence-electron chi connectivity index (χ0n) is 12.6. The second-order valence-corrected chi connectivity index (χ2v) is 4.95. The Hall–Kier alpha value is -2.75. The molecule has 0 aliphatic carbocycles. The summed E-state index contributed by atoms with van der Waals surface area (Å²) in [6.45, 7) is 0. The first-order valence-corrected chi connectivity index (χ1v) is 7.01. The second-order valence-electron chi connectivity index (χ2n) is 4.95. The molecule has 0 spiro atoms. The molecule has 0 saturated heterocycles. The summed E-state index contributed by atoms with van der Waals surface area (Å²) in [7, 11) is 0. The lowest BCUT2D eigenvalue weighted by molar-refractivity contribution is -0.247. The first-order valence-electron chi connectivity index (χ1n) is 7.01. The van der Waals surface area contributed by atoms with E-state index in [0.29, 0.717) is 5.56 Å². The van der Waals surface area contributed by atoms with Crippen molar-refractivity contribution in [3.8, 4) is 11.8 Å². The Morgan fingerprint density at radius 1 is 0.760 bits per heavy atom. The van der Waals surface area contributed by atoms with Crippen LogP contribution in [0.3, 0.4) is 0 Å². The van der Waals surface area contributed by atoms with E-state index in [1.807, 2.05) is 0 Å². The smallest absolute Gasteiger partial charge is 0.253 e. The minimum Gasteiger partial charge on any atom is -0.253 e. The Bertz CT molecular complexity index is 766. The maximum Gasteiger partial charge on any atom is 0.419 e. The van der Waals surface area contributed by atoms with Crippen molar-refractivity contribution in [1.29, 1.82) is 0 Å². The monoisotopic (exact) mass is 355 g/mol. The minimum atomic E-state index is -5.56. The molecule has 0 heterocycles. The van der Waals surface area contributed by atoms with Crippen LogP contribution in [0.2, 0.25) is 0 Å². The highest BCUT2D eigenvalue weighted by molar-refractivity contribution is 6.13. The van der Waals surface area contributed by atoms with Gasteiger partial charge in [-0.25, -0.2) is 0 Å². The standard InChI is InChI=1S/C18H11F6N/c19-17(20,21)16(18(22,23)24)25-15(14-9-5-2-6-10-14)12-11-13-7-3-1-4-8-13/h1-10,16H. The lowest BCUT2D eigenvalue weighted by atomic mass is 10.1. The molecule has 0 N–H and O–H groups in total. The normalized spacial score (nSPS) is 12.7. The van der Waals surface area contributed by atoms with E-state index >= 15 is 0 Å². The fourth-order valence-corrected chi connectivity index (χ4v) is 1.89. The molecule has 0 radical (unpaired) electrons. The van der Waals surface area contributed by atoms with Crippen LogP contribution in [0.1, 0.15) is 11.1 Å². The van der Waals surface area contributed by atoms with Gasteiger partial charge in [-0.2, -0.15) is 26.3 Å². The van der Waals surface area contributed by atoms with Crippen LogP contribution in [0.5, 0.6) is 0 Å². The van der Waals surface area contributed by atoms with Crippen LogP contribution in [0.4, 0.5) is 26.3 Å². The maximum absolute atomic E-state index is 12.8. The molecule has 2 aromatic carbocycles. The summed E-state index contributed by atoms with van der Waals surface area (Å²) >= 11 is 0. The number of alkyl halides is 6. The number of nitrogens with zero attached hydrogens (tertiary/aromatic N) is 1. The van der Waals surface area contributed by atoms with Gasteiger partial charge >= 0.3 is 12.4 Å². The first kappa shape index (κ1) is 18.6. The molecule has 0 saturated carbocycles. The molecule has 0 aliphatic rings. The summed E-state index contributed by atoms with van der Waals surface area (Å²) in [5, 5.41) is 0. The van der Waals surface area contributed by atoms with Gasteiger partial charge in [-0.05, 0) is 18.1 Å². The highest BCUT2D eigenvalue weighted by Crippen LogP contribution is 2.36. The summed E-state index contributed by atoms with van der Waals surface area (Å²) in [4.78, 5) is 2.90. The summed E-state index contributed by atoms with van der Waals surface area (Å²) in [5.41, 5.74) is -0.0600. The van der Waals surface area contributed by atoms with Crippen molar-refractivity contribution in [2.45, 2.75) is 18.4 Å². The lowest BCUT2D eigenvalue weighted by Crippen LogP contribution is -2.41. The Morgan fingerprint density at radius 3 is 1.72 bits per heavy atom. The number of hydrogen-bond donors (Lipinski definition) is 0. The van der Waals surface area contributed by atoms with Gasteiger partial charge in [0.05, 0.1) is 0 Å². The minimum absolute atomic E-state index is 0.0735. The van der Waals surface area contributed by atoms with Crippen LogP contribution in [0.15, 0.2) is 65.7 Å². The number of benzene rings is 2. The van der Waals surface area contributed by atoms with E-state index in [9.17, 15) is 26.3 Å². The number of halogens is 6. The van der Waals surface area contributed by atoms with E-state index in [0.717, 1.165) is 0 Å². The van der Waals surface area contributed by atoms with Gasteiger partial charge in [0.1, 0.15) is 5.71 Å². The van der Waals surface area contributed by atoms with Crippen LogP contribution in [-0.2, 0) is 0 Å². The first-order chi connectivity index (χ1) is 11.7. The zero-order valence-corrected chi connectivity index (χ0v) is 12.6. The number of aliphatic imine (C=N–C) groups is 1. The van der Waals surface area contributed by atoms with E-state index < -0.39 is 24.1 Å². The van der Waals surface area contributed by atoms with E-state index in [4.69, 9.17) is 0 Å². The fraction of sp³-hybridized carbons (Fsp3) is 0.167. The predicted octanol–water partition coefficient (Wildman–Crippen LogP) is 5.02. The molecule has 0 fully saturated rings. The van der Waals surface area contributed by atoms with Crippen molar-refractivity contribution in [2.24, 2.45) is 4.99 Å². The Kier molecular flexibility index (Phi) is 5.52. The van der Waals surface area contributed by atoms with Crippen molar-refractivity contribution in [3.05, 3.63) is 71.8 Å². The van der Waals surface area contributed by atoms with Crippen molar-refractivity contribution >= 4 is 5.71 Å². The van der Waals surface area contributed by atoms with Crippen LogP contribution in [0, 0.1) is 11.8 Å². The SMILES string of the molecule is FC(F)(F)C(N=C(C#Cc1ccccc1)c1ccccc1)C(F)(F)F. The quantitative estimate of drug-likeness (QED) is 0.407. The largest absolute Gasteiger partial charge is 0.419 e. The third kappa shape index (κ3) is 5.38. The molecular formula is C18H11F6N. The molecule has 2 aromatic rings. The Morgan fingerprint density at radius 2 is 1.24 bits per heavy atom. The van der Waals surface area contributed by atoms with Gasteiger partial charge in [0.25, 0.3) is 0 Å². The molecule has 130 valence electrons. The van der Waals surface area contributed by atoms with Gasteiger partial charge in [0.15, 0.2) is 0 Å². The van der Waals surface area contributed by atoms with Gasteiger partial charge in [0, 0.05) is 11.1 Å². The molecule has 0 bridgehead atoms. The van der Waals surface area contributed by atoms with Crippen LogP contribution in [-0.4, -0.2) is 24.1 Å². The average Bonchev–Trinajstić information content (AvgIpc) is 2.54. The van der Waals surface area contributed by atoms with Gasteiger partial charge in [0.2, 0.25) is 6.04 Å². The summed E-state index contributed by atoms with van der Waals surface area (Å²) in [6, 6.07) is 11.6. The van der Waals surface area contributed by atoms with Gasteiger partial charge in [-0.3, -0.25) is 4.99 Å². The van der Waals surface area contributed by atoms with E-state index in [-0.39, 0.29) is 5.56 Å². The molecule has 0 unspecified atom stereocenters. The van der Waals surface area contributed by atoms with Crippen LogP contribution >= 0.6 is 0 Å². The Balaban J connectivity index is 2.53. The molecule has 1 nitrogen and oxygen atoms in total. The third-order valence-electron chi connectivity index (χ3n) is 3.02. The van der Waals surface area contributed by atoms with Crippen LogP contribution < -0.4 is 0 Å². The van der Waals surface area contributed by atoms with Crippen molar-refractivity contribution in [1.82, 2.24) is 0 Å².